The fraction of sp³-hybridized carbons (Fsp3) is 0.462. The molecule has 0 saturated carbocycles. The third-order valence-corrected chi connectivity index (χ3v) is 2.61. The Labute approximate surface area is 101 Å². The van der Waals surface area contributed by atoms with Crippen molar-refractivity contribution in [2.75, 3.05) is 13.1 Å². The van der Waals surface area contributed by atoms with Gasteiger partial charge in [-0.15, -0.1) is 0 Å². The molecule has 2 unspecified atom stereocenters. The molecular formula is C13H19NO3. The van der Waals surface area contributed by atoms with Gasteiger partial charge >= 0.3 is 5.97 Å². The largest absolute Gasteiger partial charge is 0.481 e. The summed E-state index contributed by atoms with van der Waals surface area (Å²) >= 11 is 0. The second kappa shape index (κ2) is 7.04. The van der Waals surface area contributed by atoms with Crippen LogP contribution in [-0.2, 0) is 4.79 Å². The van der Waals surface area contributed by atoms with Gasteiger partial charge in [-0.25, -0.2) is 0 Å². The Morgan fingerprint density at radius 3 is 2.53 bits per heavy atom. The number of carboxylic acids is 1. The molecule has 1 aromatic carbocycles. The molecule has 0 spiro atoms. The lowest BCUT2D eigenvalue weighted by Gasteiger charge is -2.14. The minimum Gasteiger partial charge on any atom is -0.481 e. The van der Waals surface area contributed by atoms with Gasteiger partial charge in [-0.3, -0.25) is 4.79 Å². The number of aliphatic carboxylic acids is 1. The molecule has 3 N–H and O–H groups in total. The normalized spacial score (nSPS) is 14.2. The van der Waals surface area contributed by atoms with Crippen molar-refractivity contribution in [3.63, 3.8) is 0 Å². The molecule has 0 aromatic heterocycles. The molecule has 94 valence electrons. The van der Waals surface area contributed by atoms with E-state index in [0.717, 1.165) is 6.54 Å². The lowest BCUT2D eigenvalue weighted by molar-refractivity contribution is -0.139. The van der Waals surface area contributed by atoms with Crippen LogP contribution in [0.15, 0.2) is 30.3 Å². The van der Waals surface area contributed by atoms with Crippen LogP contribution in [0.1, 0.15) is 24.8 Å². The van der Waals surface area contributed by atoms with Crippen LogP contribution in [0.4, 0.5) is 0 Å². The first-order valence-corrected chi connectivity index (χ1v) is 5.75. The Kier molecular flexibility index (Phi) is 5.66. The molecule has 4 nitrogen and oxygen atoms in total. The third-order valence-electron chi connectivity index (χ3n) is 2.61. The van der Waals surface area contributed by atoms with Crippen LogP contribution >= 0.6 is 0 Å². The van der Waals surface area contributed by atoms with Gasteiger partial charge < -0.3 is 15.5 Å². The number of hydrogen-bond acceptors (Lipinski definition) is 3. The van der Waals surface area contributed by atoms with Gasteiger partial charge in [0.05, 0.1) is 12.5 Å². The van der Waals surface area contributed by atoms with Crippen LogP contribution in [0.3, 0.4) is 0 Å². The summed E-state index contributed by atoms with van der Waals surface area (Å²) in [4.78, 5) is 10.3. The number of nitrogens with one attached hydrogen (secondary N) is 1. The SMILES string of the molecule is CC(CNCC(O)CC(=O)O)c1ccccc1. The zero-order valence-electron chi connectivity index (χ0n) is 9.97. The Balaban J connectivity index is 2.25. The molecule has 1 aromatic rings. The molecule has 0 aliphatic carbocycles. The van der Waals surface area contributed by atoms with Crippen LogP contribution < -0.4 is 5.32 Å². The number of carbonyl (C=O) groups is 1. The van der Waals surface area contributed by atoms with Crippen molar-refractivity contribution >= 4 is 5.97 Å². The van der Waals surface area contributed by atoms with Crippen molar-refractivity contribution in [2.45, 2.75) is 25.4 Å². The van der Waals surface area contributed by atoms with Crippen molar-refractivity contribution < 1.29 is 15.0 Å². The van der Waals surface area contributed by atoms with E-state index in [1.54, 1.807) is 0 Å². The first-order valence-electron chi connectivity index (χ1n) is 5.75. The Morgan fingerprint density at radius 2 is 1.94 bits per heavy atom. The average molecular weight is 237 g/mol. The van der Waals surface area contributed by atoms with Crippen molar-refractivity contribution in [1.29, 1.82) is 0 Å². The Hall–Kier alpha value is -1.39. The molecule has 0 bridgehead atoms. The number of aliphatic hydroxyl groups is 1. The maximum atomic E-state index is 10.3. The van der Waals surface area contributed by atoms with Crippen LogP contribution in [-0.4, -0.2) is 35.4 Å². The quantitative estimate of drug-likeness (QED) is 0.667. The molecule has 0 heterocycles. The highest BCUT2D eigenvalue weighted by molar-refractivity contribution is 5.67. The molecule has 17 heavy (non-hydrogen) atoms. The van der Waals surface area contributed by atoms with Gasteiger partial charge in [0.15, 0.2) is 0 Å². The van der Waals surface area contributed by atoms with Crippen molar-refractivity contribution in [1.82, 2.24) is 5.32 Å². The standard InChI is InChI=1S/C13H19NO3/c1-10(11-5-3-2-4-6-11)8-14-9-12(15)7-13(16)17/h2-6,10,12,14-15H,7-9H2,1H3,(H,16,17). The van der Waals surface area contributed by atoms with Gasteiger partial charge in [0.1, 0.15) is 0 Å². The molecule has 0 amide bonds. The van der Waals surface area contributed by atoms with Gasteiger partial charge in [0.25, 0.3) is 0 Å². The summed E-state index contributed by atoms with van der Waals surface area (Å²) < 4.78 is 0. The highest BCUT2D eigenvalue weighted by Crippen LogP contribution is 2.12. The lowest BCUT2D eigenvalue weighted by Crippen LogP contribution is -2.31. The zero-order valence-corrected chi connectivity index (χ0v) is 9.97. The Bertz CT molecular complexity index is 340. The topological polar surface area (TPSA) is 69.6 Å². The number of hydrogen-bond donors (Lipinski definition) is 3. The zero-order chi connectivity index (χ0) is 12.7. The molecule has 0 saturated heterocycles. The number of aliphatic hydroxyl groups excluding tert-OH is 1. The summed E-state index contributed by atoms with van der Waals surface area (Å²) in [7, 11) is 0. The fourth-order valence-corrected chi connectivity index (χ4v) is 1.64. The maximum Gasteiger partial charge on any atom is 0.306 e. The van der Waals surface area contributed by atoms with E-state index in [1.165, 1.54) is 5.56 Å². The van der Waals surface area contributed by atoms with Crippen LogP contribution in [0.5, 0.6) is 0 Å². The first kappa shape index (κ1) is 13.7. The molecule has 0 aliphatic rings. The molecule has 0 fully saturated rings. The van der Waals surface area contributed by atoms with E-state index >= 15 is 0 Å². The first-order chi connectivity index (χ1) is 8.09. The summed E-state index contributed by atoms with van der Waals surface area (Å²) in [5.74, 6) is -0.636. The van der Waals surface area contributed by atoms with E-state index in [2.05, 4.69) is 24.4 Å². The fourth-order valence-electron chi connectivity index (χ4n) is 1.64. The molecular weight excluding hydrogens is 218 g/mol. The highest BCUT2D eigenvalue weighted by atomic mass is 16.4. The van der Waals surface area contributed by atoms with Gasteiger partial charge in [0.2, 0.25) is 0 Å². The van der Waals surface area contributed by atoms with E-state index in [1.807, 2.05) is 18.2 Å². The summed E-state index contributed by atoms with van der Waals surface area (Å²) in [6.45, 7) is 3.12. The number of benzene rings is 1. The molecule has 0 radical (unpaired) electrons. The predicted octanol–water partition coefficient (Wildman–Crippen LogP) is 1.22. The molecule has 2 atom stereocenters. The summed E-state index contributed by atoms with van der Waals surface area (Å²) in [6.07, 6.45) is -1.04. The van der Waals surface area contributed by atoms with Crippen LogP contribution in [0, 0.1) is 0 Å². The van der Waals surface area contributed by atoms with E-state index in [9.17, 15) is 9.90 Å². The van der Waals surface area contributed by atoms with E-state index in [-0.39, 0.29) is 6.42 Å². The van der Waals surface area contributed by atoms with Gasteiger partial charge in [-0.1, -0.05) is 37.3 Å². The Morgan fingerprint density at radius 1 is 1.29 bits per heavy atom. The van der Waals surface area contributed by atoms with Crippen LogP contribution in [0.2, 0.25) is 0 Å². The van der Waals surface area contributed by atoms with Crippen LogP contribution in [0.25, 0.3) is 0 Å². The number of rotatable bonds is 7. The van der Waals surface area contributed by atoms with Gasteiger partial charge in [-0.2, -0.15) is 0 Å². The lowest BCUT2D eigenvalue weighted by atomic mass is 10.0. The smallest absolute Gasteiger partial charge is 0.306 e. The van der Waals surface area contributed by atoms with E-state index in [4.69, 9.17) is 5.11 Å². The maximum absolute atomic E-state index is 10.3. The monoisotopic (exact) mass is 237 g/mol. The van der Waals surface area contributed by atoms with E-state index < -0.39 is 12.1 Å². The third kappa shape index (κ3) is 5.47. The van der Waals surface area contributed by atoms with Crippen molar-refractivity contribution in [2.24, 2.45) is 0 Å². The van der Waals surface area contributed by atoms with Gasteiger partial charge in [0, 0.05) is 13.1 Å². The van der Waals surface area contributed by atoms with Gasteiger partial charge in [-0.05, 0) is 11.5 Å². The number of carboxylic acid groups (broad SMARTS) is 1. The summed E-state index contributed by atoms with van der Waals surface area (Å²) in [5.41, 5.74) is 1.23. The average Bonchev–Trinajstić information content (AvgIpc) is 2.29. The minimum atomic E-state index is -0.976. The van der Waals surface area contributed by atoms with E-state index in [0.29, 0.717) is 12.5 Å². The van der Waals surface area contributed by atoms with Crippen molar-refractivity contribution in [3.8, 4) is 0 Å². The van der Waals surface area contributed by atoms with Crippen molar-refractivity contribution in [3.05, 3.63) is 35.9 Å². The molecule has 0 aliphatic heterocycles. The second-order valence-electron chi connectivity index (χ2n) is 4.22. The second-order valence-corrected chi connectivity index (χ2v) is 4.22. The minimum absolute atomic E-state index is 0.216. The highest BCUT2D eigenvalue weighted by Gasteiger charge is 2.10. The summed E-state index contributed by atoms with van der Waals surface area (Å²) in [5, 5.41) is 20.9. The predicted molar refractivity (Wildman–Crippen MR) is 66.0 cm³/mol. The molecule has 1 rings (SSSR count). The molecule has 4 heteroatoms. The summed E-state index contributed by atoms with van der Waals surface area (Å²) in [6, 6.07) is 10.1.